The summed E-state index contributed by atoms with van der Waals surface area (Å²) < 4.78 is 10.7. The smallest absolute Gasteiger partial charge is 0.162 e. The standard InChI is InChI=1S/C19H25N5O2/c1-25-17-11-14-10-15(13-21)19(22-16(14)12-18(17)26-2)24-6-3-5-23(7-4-20)8-9-24/h10-12H,3-9,20H2,1-2H3. The number of benzene rings is 1. The van der Waals surface area contributed by atoms with E-state index < -0.39 is 0 Å². The lowest BCUT2D eigenvalue weighted by Gasteiger charge is -2.24. The topological polar surface area (TPSA) is 87.6 Å². The van der Waals surface area contributed by atoms with Crippen molar-refractivity contribution < 1.29 is 9.47 Å². The number of hydrogen-bond acceptors (Lipinski definition) is 7. The number of anilines is 1. The SMILES string of the molecule is COc1cc2cc(C#N)c(N3CCCN(CCN)CC3)nc2cc1OC. The largest absolute Gasteiger partial charge is 0.493 e. The van der Waals surface area contributed by atoms with Crippen LogP contribution in [0.1, 0.15) is 12.0 Å². The molecule has 2 heterocycles. The van der Waals surface area contributed by atoms with Gasteiger partial charge in [-0.1, -0.05) is 0 Å². The maximum atomic E-state index is 9.64. The van der Waals surface area contributed by atoms with Crippen LogP contribution in [0, 0.1) is 11.3 Å². The van der Waals surface area contributed by atoms with E-state index in [2.05, 4.69) is 15.9 Å². The molecule has 1 aliphatic rings. The zero-order valence-corrected chi connectivity index (χ0v) is 15.4. The van der Waals surface area contributed by atoms with Crippen LogP contribution >= 0.6 is 0 Å². The van der Waals surface area contributed by atoms with E-state index in [1.165, 1.54) is 0 Å². The van der Waals surface area contributed by atoms with Crippen LogP contribution < -0.4 is 20.1 Å². The number of nitriles is 1. The Morgan fingerprint density at radius 1 is 1.12 bits per heavy atom. The zero-order chi connectivity index (χ0) is 18.5. The second-order valence-electron chi connectivity index (χ2n) is 6.34. The predicted octanol–water partition coefficient (Wildman–Crippen LogP) is 1.59. The first-order valence-corrected chi connectivity index (χ1v) is 8.84. The number of hydrogen-bond donors (Lipinski definition) is 1. The van der Waals surface area contributed by atoms with Crippen LogP contribution in [0.5, 0.6) is 11.5 Å². The van der Waals surface area contributed by atoms with E-state index in [0.717, 1.165) is 55.9 Å². The Labute approximate surface area is 153 Å². The van der Waals surface area contributed by atoms with Gasteiger partial charge in [0.1, 0.15) is 11.9 Å². The molecule has 3 rings (SSSR count). The summed E-state index contributed by atoms with van der Waals surface area (Å²) >= 11 is 0. The first kappa shape index (κ1) is 18.2. The summed E-state index contributed by atoms with van der Waals surface area (Å²) in [4.78, 5) is 9.35. The van der Waals surface area contributed by atoms with E-state index in [4.69, 9.17) is 20.2 Å². The summed E-state index contributed by atoms with van der Waals surface area (Å²) in [5, 5.41) is 10.5. The van der Waals surface area contributed by atoms with Crippen molar-refractivity contribution in [1.82, 2.24) is 9.88 Å². The maximum Gasteiger partial charge on any atom is 0.162 e. The predicted molar refractivity (Wildman–Crippen MR) is 102 cm³/mol. The molecule has 0 radical (unpaired) electrons. The normalized spacial score (nSPS) is 15.5. The van der Waals surface area contributed by atoms with Crippen molar-refractivity contribution in [3.8, 4) is 17.6 Å². The summed E-state index contributed by atoms with van der Waals surface area (Å²) in [7, 11) is 3.20. The van der Waals surface area contributed by atoms with Crippen LogP contribution in [-0.4, -0.2) is 63.4 Å². The lowest BCUT2D eigenvalue weighted by Crippen LogP contribution is -2.34. The van der Waals surface area contributed by atoms with E-state index in [1.807, 2.05) is 18.2 Å². The molecule has 0 bridgehead atoms. The average Bonchev–Trinajstić information content (AvgIpc) is 2.91. The van der Waals surface area contributed by atoms with Crippen LogP contribution in [0.15, 0.2) is 18.2 Å². The fourth-order valence-electron chi connectivity index (χ4n) is 3.40. The van der Waals surface area contributed by atoms with Gasteiger partial charge < -0.3 is 25.0 Å². The first-order chi connectivity index (χ1) is 12.7. The summed E-state index contributed by atoms with van der Waals surface area (Å²) in [6.45, 7) is 5.23. The Bertz CT molecular complexity index is 818. The molecule has 0 saturated carbocycles. The highest BCUT2D eigenvalue weighted by molar-refractivity contribution is 5.86. The van der Waals surface area contributed by atoms with Crippen LogP contribution in [0.2, 0.25) is 0 Å². The lowest BCUT2D eigenvalue weighted by molar-refractivity contribution is 0.302. The van der Waals surface area contributed by atoms with Crippen molar-refractivity contribution >= 4 is 16.7 Å². The van der Waals surface area contributed by atoms with Crippen molar-refractivity contribution in [3.05, 3.63) is 23.8 Å². The third-order valence-electron chi connectivity index (χ3n) is 4.75. The third kappa shape index (κ3) is 3.66. The number of methoxy groups -OCH3 is 2. The molecule has 26 heavy (non-hydrogen) atoms. The minimum atomic E-state index is 0.581. The number of nitrogens with zero attached hydrogens (tertiary/aromatic N) is 4. The van der Waals surface area contributed by atoms with Gasteiger partial charge in [0, 0.05) is 44.2 Å². The minimum absolute atomic E-state index is 0.581. The van der Waals surface area contributed by atoms with Gasteiger partial charge in [0.25, 0.3) is 0 Å². The second kappa shape index (κ2) is 8.21. The first-order valence-electron chi connectivity index (χ1n) is 8.84. The number of ether oxygens (including phenoxy) is 2. The molecule has 7 nitrogen and oxygen atoms in total. The Kier molecular flexibility index (Phi) is 5.76. The molecular formula is C19H25N5O2. The zero-order valence-electron chi connectivity index (χ0n) is 15.4. The second-order valence-corrected chi connectivity index (χ2v) is 6.34. The van der Waals surface area contributed by atoms with Crippen molar-refractivity contribution in [3.63, 3.8) is 0 Å². The highest BCUT2D eigenvalue weighted by atomic mass is 16.5. The Morgan fingerprint density at radius 3 is 2.58 bits per heavy atom. The van der Waals surface area contributed by atoms with Crippen molar-refractivity contribution in [2.24, 2.45) is 5.73 Å². The van der Waals surface area contributed by atoms with Gasteiger partial charge in [-0.15, -0.1) is 0 Å². The van der Waals surface area contributed by atoms with Gasteiger partial charge in [-0.2, -0.15) is 5.26 Å². The molecule has 0 aliphatic carbocycles. The maximum absolute atomic E-state index is 9.64. The summed E-state index contributed by atoms with van der Waals surface area (Å²) in [5.74, 6) is 2.00. The lowest BCUT2D eigenvalue weighted by atomic mass is 10.1. The van der Waals surface area contributed by atoms with Crippen molar-refractivity contribution in [2.45, 2.75) is 6.42 Å². The van der Waals surface area contributed by atoms with Gasteiger partial charge in [0.2, 0.25) is 0 Å². The molecule has 2 aromatic rings. The fraction of sp³-hybridized carbons (Fsp3) is 0.474. The van der Waals surface area contributed by atoms with Crippen LogP contribution in [0.3, 0.4) is 0 Å². The monoisotopic (exact) mass is 355 g/mol. The summed E-state index contributed by atoms with van der Waals surface area (Å²) in [6.07, 6.45) is 1.02. The molecule has 1 saturated heterocycles. The molecule has 1 aliphatic heterocycles. The molecule has 138 valence electrons. The molecule has 1 fully saturated rings. The Morgan fingerprint density at radius 2 is 1.88 bits per heavy atom. The van der Waals surface area contributed by atoms with E-state index in [9.17, 15) is 5.26 Å². The van der Waals surface area contributed by atoms with Crippen LogP contribution in [0.25, 0.3) is 10.9 Å². The van der Waals surface area contributed by atoms with Gasteiger partial charge in [-0.05, 0) is 25.1 Å². The number of aromatic nitrogens is 1. The number of rotatable bonds is 5. The van der Waals surface area contributed by atoms with E-state index >= 15 is 0 Å². The van der Waals surface area contributed by atoms with Gasteiger partial charge in [-0.25, -0.2) is 4.98 Å². The average molecular weight is 355 g/mol. The minimum Gasteiger partial charge on any atom is -0.493 e. The molecule has 1 aromatic heterocycles. The summed E-state index contributed by atoms with van der Waals surface area (Å²) in [5.41, 5.74) is 7.05. The van der Waals surface area contributed by atoms with Crippen LogP contribution in [-0.2, 0) is 0 Å². The number of pyridine rings is 1. The Hall–Kier alpha value is -2.56. The molecule has 0 unspecified atom stereocenters. The number of nitrogens with two attached hydrogens (primary N) is 1. The molecule has 0 amide bonds. The molecule has 0 spiro atoms. The molecule has 0 atom stereocenters. The Balaban J connectivity index is 1.98. The van der Waals surface area contributed by atoms with E-state index in [1.54, 1.807) is 14.2 Å². The van der Waals surface area contributed by atoms with Crippen molar-refractivity contribution in [2.75, 3.05) is 58.4 Å². The summed E-state index contributed by atoms with van der Waals surface area (Å²) in [6, 6.07) is 7.89. The van der Waals surface area contributed by atoms with Gasteiger partial charge in [0.05, 0.1) is 25.3 Å². The molecule has 1 aromatic carbocycles. The van der Waals surface area contributed by atoms with Crippen LogP contribution in [0.4, 0.5) is 5.82 Å². The number of fused-ring (bicyclic) bond motifs is 1. The van der Waals surface area contributed by atoms with E-state index in [-0.39, 0.29) is 0 Å². The highest BCUT2D eigenvalue weighted by Crippen LogP contribution is 2.33. The third-order valence-corrected chi connectivity index (χ3v) is 4.75. The fourth-order valence-corrected chi connectivity index (χ4v) is 3.40. The molecule has 7 heteroatoms. The van der Waals surface area contributed by atoms with Crippen molar-refractivity contribution in [1.29, 1.82) is 5.26 Å². The molecular weight excluding hydrogens is 330 g/mol. The van der Waals surface area contributed by atoms with E-state index in [0.29, 0.717) is 23.6 Å². The highest BCUT2D eigenvalue weighted by Gasteiger charge is 2.20. The van der Waals surface area contributed by atoms with Gasteiger partial charge >= 0.3 is 0 Å². The molecule has 2 N–H and O–H groups in total. The van der Waals surface area contributed by atoms with Gasteiger partial charge in [0.15, 0.2) is 11.5 Å². The van der Waals surface area contributed by atoms with Gasteiger partial charge in [-0.3, -0.25) is 0 Å². The quantitative estimate of drug-likeness (QED) is 0.871.